The number of nitrogens with zero attached hydrogens (tertiary/aromatic N) is 3. The summed E-state index contributed by atoms with van der Waals surface area (Å²) in [7, 11) is 0. The minimum atomic E-state index is -4.47. The smallest absolute Gasteiger partial charge is 0.390 e. The van der Waals surface area contributed by atoms with E-state index in [4.69, 9.17) is 4.74 Å². The molecule has 3 rings (SSSR count). The predicted octanol–water partition coefficient (Wildman–Crippen LogP) is 2.01. The Hall–Kier alpha value is -1.41. The summed E-state index contributed by atoms with van der Waals surface area (Å²) in [6, 6.07) is 0.864. The number of hydrogen-bond donors (Lipinski definition) is 1. The highest BCUT2D eigenvalue weighted by molar-refractivity contribution is 5.32. The predicted molar refractivity (Wildman–Crippen MR) is 72.4 cm³/mol. The van der Waals surface area contributed by atoms with Crippen molar-refractivity contribution in [3.63, 3.8) is 0 Å². The topological polar surface area (TPSA) is 58.5 Å². The molecule has 122 valence electrons. The first-order valence-corrected chi connectivity index (χ1v) is 7.38. The molecular formula is C14H18F3N3O2. The van der Waals surface area contributed by atoms with Crippen LogP contribution in [0.1, 0.15) is 31.4 Å². The van der Waals surface area contributed by atoms with Crippen LogP contribution >= 0.6 is 0 Å². The first-order valence-electron chi connectivity index (χ1n) is 7.38. The fourth-order valence-corrected chi connectivity index (χ4v) is 3.13. The number of hydrogen-bond acceptors (Lipinski definition) is 5. The van der Waals surface area contributed by atoms with Gasteiger partial charge < -0.3 is 14.7 Å². The van der Waals surface area contributed by atoms with Crippen molar-refractivity contribution in [1.29, 1.82) is 0 Å². The van der Waals surface area contributed by atoms with Gasteiger partial charge in [-0.3, -0.25) is 0 Å². The van der Waals surface area contributed by atoms with Gasteiger partial charge in [-0.05, 0) is 31.7 Å². The fourth-order valence-electron chi connectivity index (χ4n) is 3.13. The van der Waals surface area contributed by atoms with Gasteiger partial charge >= 0.3 is 6.18 Å². The Balaban J connectivity index is 1.71. The van der Waals surface area contributed by atoms with Gasteiger partial charge in [-0.2, -0.15) is 13.2 Å². The number of anilines is 1. The van der Waals surface area contributed by atoms with E-state index in [2.05, 4.69) is 9.97 Å². The Morgan fingerprint density at radius 3 is 2.68 bits per heavy atom. The number of aliphatic hydroxyl groups is 1. The SMILES string of the molecule is O[C@@H]1CCCOC12CCN(c1nccc(C(F)(F)F)n1)CC2. The van der Waals surface area contributed by atoms with Gasteiger partial charge in [0.25, 0.3) is 0 Å². The lowest BCUT2D eigenvalue weighted by molar-refractivity contribution is -0.164. The third kappa shape index (κ3) is 2.89. The number of rotatable bonds is 1. The van der Waals surface area contributed by atoms with Gasteiger partial charge in [0.15, 0.2) is 0 Å². The van der Waals surface area contributed by atoms with Gasteiger partial charge in [-0.25, -0.2) is 9.97 Å². The summed E-state index contributed by atoms with van der Waals surface area (Å²) in [6.07, 6.45) is -1.19. The van der Waals surface area contributed by atoms with E-state index in [0.29, 0.717) is 39.0 Å². The highest BCUT2D eigenvalue weighted by atomic mass is 19.4. The zero-order chi connectivity index (χ0) is 15.8. The number of ether oxygens (including phenoxy) is 1. The van der Waals surface area contributed by atoms with Crippen molar-refractivity contribution in [1.82, 2.24) is 9.97 Å². The van der Waals surface area contributed by atoms with Crippen LogP contribution in [0.15, 0.2) is 12.3 Å². The maximum absolute atomic E-state index is 12.7. The molecule has 0 bridgehead atoms. The van der Waals surface area contributed by atoms with Gasteiger partial charge in [0.2, 0.25) is 5.95 Å². The molecule has 1 N–H and O–H groups in total. The van der Waals surface area contributed by atoms with Crippen molar-refractivity contribution in [3.8, 4) is 0 Å². The lowest BCUT2D eigenvalue weighted by atomic mass is 9.82. The maximum Gasteiger partial charge on any atom is 0.433 e. The number of piperidine rings is 1. The molecule has 1 aromatic rings. The third-order valence-electron chi connectivity index (χ3n) is 4.44. The summed E-state index contributed by atoms with van der Waals surface area (Å²) in [5.41, 5.74) is -1.50. The lowest BCUT2D eigenvalue weighted by Gasteiger charge is -2.46. The van der Waals surface area contributed by atoms with Crippen LogP contribution in [0.4, 0.5) is 19.1 Å². The summed E-state index contributed by atoms with van der Waals surface area (Å²) in [6.45, 7) is 1.56. The van der Waals surface area contributed by atoms with Crippen LogP contribution < -0.4 is 4.90 Å². The Morgan fingerprint density at radius 1 is 1.32 bits per heavy atom. The van der Waals surface area contributed by atoms with E-state index in [-0.39, 0.29) is 5.95 Å². The largest absolute Gasteiger partial charge is 0.433 e. The zero-order valence-corrected chi connectivity index (χ0v) is 12.0. The number of halogens is 3. The van der Waals surface area contributed by atoms with Crippen molar-refractivity contribution in [2.24, 2.45) is 0 Å². The first kappa shape index (κ1) is 15.5. The van der Waals surface area contributed by atoms with Gasteiger partial charge in [0.1, 0.15) is 5.69 Å². The summed E-state index contributed by atoms with van der Waals surface area (Å²) in [4.78, 5) is 9.26. The zero-order valence-electron chi connectivity index (χ0n) is 12.0. The van der Waals surface area contributed by atoms with Gasteiger partial charge in [-0.15, -0.1) is 0 Å². The summed E-state index contributed by atoms with van der Waals surface area (Å²) in [5.74, 6) is 0.0787. The maximum atomic E-state index is 12.7. The van der Waals surface area contributed by atoms with Crippen molar-refractivity contribution in [2.45, 2.75) is 43.6 Å². The Kier molecular flexibility index (Phi) is 3.98. The molecule has 2 fully saturated rings. The quantitative estimate of drug-likeness (QED) is 0.858. The van der Waals surface area contributed by atoms with E-state index in [1.54, 1.807) is 4.90 Å². The standard InChI is InChI=1S/C14H18F3N3O2/c15-14(16,17)10-3-6-18-12(19-10)20-7-4-13(5-8-20)11(21)2-1-9-22-13/h3,6,11,21H,1-2,4-5,7-9H2/t11-/m1/s1. The molecule has 1 atom stereocenters. The third-order valence-corrected chi connectivity index (χ3v) is 4.44. The first-order chi connectivity index (χ1) is 10.4. The molecule has 0 aliphatic carbocycles. The molecule has 5 nitrogen and oxygen atoms in total. The van der Waals surface area contributed by atoms with Crippen LogP contribution in [0.2, 0.25) is 0 Å². The van der Waals surface area contributed by atoms with Crippen LogP contribution in [-0.4, -0.2) is 46.5 Å². The molecule has 22 heavy (non-hydrogen) atoms. The number of aliphatic hydroxyl groups excluding tert-OH is 1. The van der Waals surface area contributed by atoms with E-state index >= 15 is 0 Å². The summed E-state index contributed by atoms with van der Waals surface area (Å²) in [5, 5.41) is 10.2. The molecule has 0 radical (unpaired) electrons. The van der Waals surface area contributed by atoms with Crippen LogP contribution in [-0.2, 0) is 10.9 Å². The Morgan fingerprint density at radius 2 is 2.05 bits per heavy atom. The Labute approximate surface area is 126 Å². The number of aromatic nitrogens is 2. The van der Waals surface area contributed by atoms with E-state index in [0.717, 1.165) is 18.7 Å². The fraction of sp³-hybridized carbons (Fsp3) is 0.714. The molecule has 2 saturated heterocycles. The molecule has 1 spiro atoms. The molecular weight excluding hydrogens is 299 g/mol. The molecule has 8 heteroatoms. The summed E-state index contributed by atoms with van der Waals surface area (Å²) < 4.78 is 43.9. The molecule has 2 aliphatic rings. The van der Waals surface area contributed by atoms with Crippen LogP contribution in [0.5, 0.6) is 0 Å². The minimum Gasteiger partial charge on any atom is -0.390 e. The number of alkyl halides is 3. The highest BCUT2D eigenvalue weighted by Gasteiger charge is 2.44. The molecule has 0 unspecified atom stereocenters. The van der Waals surface area contributed by atoms with Gasteiger partial charge in [-0.1, -0.05) is 0 Å². The second kappa shape index (κ2) is 5.66. The van der Waals surface area contributed by atoms with Crippen LogP contribution in [0, 0.1) is 0 Å². The van der Waals surface area contributed by atoms with E-state index in [1.165, 1.54) is 0 Å². The van der Waals surface area contributed by atoms with Crippen LogP contribution in [0.25, 0.3) is 0 Å². The normalized spacial score (nSPS) is 25.5. The molecule has 2 aliphatic heterocycles. The van der Waals surface area contributed by atoms with Crippen molar-refractivity contribution < 1.29 is 23.0 Å². The van der Waals surface area contributed by atoms with Crippen LogP contribution in [0.3, 0.4) is 0 Å². The molecule has 0 amide bonds. The second-order valence-corrected chi connectivity index (χ2v) is 5.80. The van der Waals surface area contributed by atoms with E-state index in [1.807, 2.05) is 0 Å². The van der Waals surface area contributed by atoms with E-state index < -0.39 is 23.6 Å². The average molecular weight is 317 g/mol. The van der Waals surface area contributed by atoms with Gasteiger partial charge in [0, 0.05) is 25.9 Å². The summed E-state index contributed by atoms with van der Waals surface area (Å²) >= 11 is 0. The van der Waals surface area contributed by atoms with E-state index in [9.17, 15) is 18.3 Å². The van der Waals surface area contributed by atoms with Gasteiger partial charge in [0.05, 0.1) is 11.7 Å². The van der Waals surface area contributed by atoms with Crippen molar-refractivity contribution >= 4 is 5.95 Å². The molecule has 1 aromatic heterocycles. The molecule has 0 saturated carbocycles. The molecule has 3 heterocycles. The minimum absolute atomic E-state index is 0.0787. The van der Waals surface area contributed by atoms with Crippen molar-refractivity contribution in [2.75, 3.05) is 24.6 Å². The van der Waals surface area contributed by atoms with Crippen molar-refractivity contribution in [3.05, 3.63) is 18.0 Å². The second-order valence-electron chi connectivity index (χ2n) is 5.80. The average Bonchev–Trinajstić information content (AvgIpc) is 2.51. The lowest BCUT2D eigenvalue weighted by Crippen LogP contribution is -2.55. The Bertz CT molecular complexity index is 530. The molecule has 0 aromatic carbocycles. The monoisotopic (exact) mass is 317 g/mol. The highest BCUT2D eigenvalue weighted by Crippen LogP contribution is 2.36.